The Morgan fingerprint density at radius 1 is 1.29 bits per heavy atom. The van der Waals surface area contributed by atoms with Crippen molar-refractivity contribution in [1.82, 2.24) is 5.32 Å². The fourth-order valence-corrected chi connectivity index (χ4v) is 3.14. The molecule has 1 saturated heterocycles. The third-order valence-electron chi connectivity index (χ3n) is 4.11. The molecule has 4 heteroatoms. The summed E-state index contributed by atoms with van der Waals surface area (Å²) in [5, 5.41) is 3.54. The van der Waals surface area contributed by atoms with Crippen LogP contribution < -0.4 is 14.8 Å². The standard InChI is InChI=1S/C17H27NO3/c1-5-18-14-8-9-21-17(2,12-14)11-13-6-7-15(19-3)16(10-13)20-4/h6-7,10,14,18H,5,8-9,11-12H2,1-4H3. The number of nitrogens with one attached hydrogen (secondary N) is 1. The SMILES string of the molecule is CCNC1CCOC(C)(Cc2ccc(OC)c(OC)c2)C1. The normalized spacial score (nSPS) is 25.6. The second-order valence-electron chi connectivity index (χ2n) is 5.91. The summed E-state index contributed by atoms with van der Waals surface area (Å²) in [5.41, 5.74) is 1.09. The molecule has 2 atom stereocenters. The van der Waals surface area contributed by atoms with Crippen molar-refractivity contribution in [3.8, 4) is 11.5 Å². The van der Waals surface area contributed by atoms with Gasteiger partial charge in [0.15, 0.2) is 11.5 Å². The first-order valence-corrected chi connectivity index (χ1v) is 7.68. The molecule has 21 heavy (non-hydrogen) atoms. The van der Waals surface area contributed by atoms with Crippen LogP contribution >= 0.6 is 0 Å². The van der Waals surface area contributed by atoms with Crippen molar-refractivity contribution in [2.24, 2.45) is 0 Å². The summed E-state index contributed by atoms with van der Waals surface area (Å²) in [4.78, 5) is 0. The van der Waals surface area contributed by atoms with E-state index >= 15 is 0 Å². The Balaban J connectivity index is 2.09. The lowest BCUT2D eigenvalue weighted by molar-refractivity contribution is -0.0751. The van der Waals surface area contributed by atoms with Gasteiger partial charge in [0.25, 0.3) is 0 Å². The minimum atomic E-state index is -0.120. The Bertz CT molecular complexity index is 461. The van der Waals surface area contributed by atoms with Gasteiger partial charge in [-0.3, -0.25) is 0 Å². The maximum absolute atomic E-state index is 6.06. The van der Waals surface area contributed by atoms with Crippen LogP contribution in [0.1, 0.15) is 32.3 Å². The molecule has 1 fully saturated rings. The number of hydrogen-bond acceptors (Lipinski definition) is 4. The highest BCUT2D eigenvalue weighted by atomic mass is 16.5. The maximum atomic E-state index is 6.06. The van der Waals surface area contributed by atoms with E-state index < -0.39 is 0 Å². The Hall–Kier alpha value is -1.26. The molecule has 1 aromatic carbocycles. The van der Waals surface area contributed by atoms with Gasteiger partial charge < -0.3 is 19.5 Å². The van der Waals surface area contributed by atoms with Crippen molar-refractivity contribution in [2.75, 3.05) is 27.4 Å². The van der Waals surface area contributed by atoms with E-state index in [1.807, 2.05) is 12.1 Å². The average molecular weight is 293 g/mol. The van der Waals surface area contributed by atoms with E-state index in [1.54, 1.807) is 14.2 Å². The Morgan fingerprint density at radius 2 is 2.05 bits per heavy atom. The number of ether oxygens (including phenoxy) is 3. The largest absolute Gasteiger partial charge is 0.493 e. The van der Waals surface area contributed by atoms with Crippen molar-refractivity contribution < 1.29 is 14.2 Å². The van der Waals surface area contributed by atoms with E-state index in [-0.39, 0.29) is 5.60 Å². The van der Waals surface area contributed by atoms with Gasteiger partial charge in [-0.15, -0.1) is 0 Å². The van der Waals surface area contributed by atoms with Gasteiger partial charge in [-0.05, 0) is 44.0 Å². The van der Waals surface area contributed by atoms with Crippen LogP contribution in [0.3, 0.4) is 0 Å². The first-order chi connectivity index (χ1) is 10.1. The molecule has 0 bridgehead atoms. The van der Waals surface area contributed by atoms with Crippen molar-refractivity contribution in [1.29, 1.82) is 0 Å². The summed E-state index contributed by atoms with van der Waals surface area (Å²) in [6.07, 6.45) is 3.01. The predicted octanol–water partition coefficient (Wildman–Crippen LogP) is 2.79. The van der Waals surface area contributed by atoms with Crippen LogP contribution in [0, 0.1) is 0 Å². The minimum Gasteiger partial charge on any atom is -0.493 e. The van der Waals surface area contributed by atoms with Crippen LogP contribution in [-0.2, 0) is 11.2 Å². The lowest BCUT2D eigenvalue weighted by Gasteiger charge is -2.39. The maximum Gasteiger partial charge on any atom is 0.160 e. The topological polar surface area (TPSA) is 39.7 Å². The first-order valence-electron chi connectivity index (χ1n) is 7.68. The van der Waals surface area contributed by atoms with E-state index in [2.05, 4.69) is 25.2 Å². The number of rotatable bonds is 6. The third-order valence-corrected chi connectivity index (χ3v) is 4.11. The molecule has 0 aromatic heterocycles. The molecule has 4 nitrogen and oxygen atoms in total. The molecule has 118 valence electrons. The Kier molecular flexibility index (Phi) is 5.48. The average Bonchev–Trinajstić information content (AvgIpc) is 2.47. The van der Waals surface area contributed by atoms with Crippen molar-refractivity contribution in [2.45, 2.75) is 44.8 Å². The van der Waals surface area contributed by atoms with E-state index in [9.17, 15) is 0 Å². The highest BCUT2D eigenvalue weighted by Gasteiger charge is 2.33. The molecule has 1 aromatic rings. The van der Waals surface area contributed by atoms with Crippen molar-refractivity contribution >= 4 is 0 Å². The highest BCUT2D eigenvalue weighted by Crippen LogP contribution is 2.32. The quantitative estimate of drug-likeness (QED) is 0.875. The zero-order valence-corrected chi connectivity index (χ0v) is 13.6. The fourth-order valence-electron chi connectivity index (χ4n) is 3.14. The smallest absolute Gasteiger partial charge is 0.160 e. The molecule has 0 aliphatic carbocycles. The summed E-state index contributed by atoms with van der Waals surface area (Å²) in [7, 11) is 3.33. The molecule has 2 unspecified atom stereocenters. The van der Waals surface area contributed by atoms with Crippen LogP contribution in [0.25, 0.3) is 0 Å². The van der Waals surface area contributed by atoms with Crippen LogP contribution in [0.15, 0.2) is 18.2 Å². The van der Waals surface area contributed by atoms with Crippen LogP contribution in [-0.4, -0.2) is 39.0 Å². The molecule has 2 rings (SSSR count). The van der Waals surface area contributed by atoms with Gasteiger partial charge in [-0.25, -0.2) is 0 Å². The van der Waals surface area contributed by atoms with Gasteiger partial charge in [-0.1, -0.05) is 13.0 Å². The van der Waals surface area contributed by atoms with Crippen LogP contribution in [0.4, 0.5) is 0 Å². The summed E-state index contributed by atoms with van der Waals surface area (Å²) >= 11 is 0. The van der Waals surface area contributed by atoms with E-state index in [0.717, 1.165) is 43.9 Å². The van der Waals surface area contributed by atoms with Gasteiger partial charge >= 0.3 is 0 Å². The molecule has 1 aliphatic rings. The lowest BCUT2D eigenvalue weighted by Crippen LogP contribution is -2.46. The van der Waals surface area contributed by atoms with E-state index in [4.69, 9.17) is 14.2 Å². The summed E-state index contributed by atoms with van der Waals surface area (Å²) < 4.78 is 16.7. The molecule has 1 aliphatic heterocycles. The third kappa shape index (κ3) is 4.11. The molecule has 1 heterocycles. The highest BCUT2D eigenvalue weighted by molar-refractivity contribution is 5.43. The number of benzene rings is 1. The first kappa shape index (κ1) is 16.1. The lowest BCUT2D eigenvalue weighted by atomic mass is 9.86. The van der Waals surface area contributed by atoms with Crippen molar-refractivity contribution in [3.05, 3.63) is 23.8 Å². The van der Waals surface area contributed by atoms with Gasteiger partial charge in [0, 0.05) is 19.1 Å². The monoisotopic (exact) mass is 293 g/mol. The van der Waals surface area contributed by atoms with Gasteiger partial charge in [0.05, 0.1) is 19.8 Å². The van der Waals surface area contributed by atoms with Crippen LogP contribution in [0.5, 0.6) is 11.5 Å². The molecule has 0 spiro atoms. The number of hydrogen-bond donors (Lipinski definition) is 1. The van der Waals surface area contributed by atoms with Crippen LogP contribution in [0.2, 0.25) is 0 Å². The second kappa shape index (κ2) is 7.14. The molecule has 1 N–H and O–H groups in total. The summed E-state index contributed by atoms with van der Waals surface area (Å²) in [5.74, 6) is 1.54. The molecular formula is C17H27NO3. The summed E-state index contributed by atoms with van der Waals surface area (Å²) in [6, 6.07) is 6.65. The van der Waals surface area contributed by atoms with E-state index in [0.29, 0.717) is 6.04 Å². The zero-order chi connectivity index (χ0) is 15.3. The van der Waals surface area contributed by atoms with Gasteiger partial charge in [0.1, 0.15) is 0 Å². The van der Waals surface area contributed by atoms with Crippen molar-refractivity contribution in [3.63, 3.8) is 0 Å². The predicted molar refractivity (Wildman–Crippen MR) is 84.3 cm³/mol. The molecule has 0 radical (unpaired) electrons. The zero-order valence-electron chi connectivity index (χ0n) is 13.6. The van der Waals surface area contributed by atoms with Gasteiger partial charge in [0.2, 0.25) is 0 Å². The minimum absolute atomic E-state index is 0.120. The van der Waals surface area contributed by atoms with Gasteiger partial charge in [-0.2, -0.15) is 0 Å². The fraction of sp³-hybridized carbons (Fsp3) is 0.647. The van der Waals surface area contributed by atoms with E-state index in [1.165, 1.54) is 5.56 Å². The molecular weight excluding hydrogens is 266 g/mol. The molecule has 0 amide bonds. The molecule has 0 saturated carbocycles. The Morgan fingerprint density at radius 3 is 2.71 bits per heavy atom. The number of methoxy groups -OCH3 is 2. The second-order valence-corrected chi connectivity index (χ2v) is 5.91. The summed E-state index contributed by atoms with van der Waals surface area (Å²) in [6.45, 7) is 6.19. The Labute approximate surface area is 127 Å².